The molecule has 9 nitrogen and oxygen atoms in total. The van der Waals surface area contributed by atoms with Gasteiger partial charge in [-0.1, -0.05) is 6.07 Å². The van der Waals surface area contributed by atoms with Crippen molar-refractivity contribution in [2.24, 2.45) is 0 Å². The number of hydrogen-bond acceptors (Lipinski definition) is 7. The summed E-state index contributed by atoms with van der Waals surface area (Å²) in [6.45, 7) is 1.39. The molecule has 2 atom stereocenters. The molecule has 1 aliphatic heterocycles. The van der Waals surface area contributed by atoms with Gasteiger partial charge in [0.15, 0.2) is 5.65 Å². The van der Waals surface area contributed by atoms with Gasteiger partial charge in [0.2, 0.25) is 0 Å². The molecule has 4 rings (SSSR count). The van der Waals surface area contributed by atoms with Crippen molar-refractivity contribution < 1.29 is 14.3 Å². The van der Waals surface area contributed by atoms with Crippen LogP contribution in [-0.2, 0) is 16.1 Å². The first-order valence-electron chi connectivity index (χ1n) is 8.37. The molecule has 3 aromatic heterocycles. The van der Waals surface area contributed by atoms with Gasteiger partial charge in [-0.3, -0.25) is 9.78 Å². The summed E-state index contributed by atoms with van der Waals surface area (Å²) in [5, 5.41) is 14.2. The van der Waals surface area contributed by atoms with Crippen LogP contribution in [0.4, 0.5) is 0 Å². The van der Waals surface area contributed by atoms with E-state index >= 15 is 0 Å². The average molecular weight is 354 g/mol. The van der Waals surface area contributed by atoms with E-state index in [0.29, 0.717) is 37.5 Å². The lowest BCUT2D eigenvalue weighted by Crippen LogP contribution is -2.50. The lowest BCUT2D eigenvalue weighted by Gasteiger charge is -2.32. The van der Waals surface area contributed by atoms with Gasteiger partial charge in [-0.25, -0.2) is 4.52 Å². The molecule has 1 fully saturated rings. The zero-order chi connectivity index (χ0) is 17.8. The van der Waals surface area contributed by atoms with E-state index in [0.717, 1.165) is 5.69 Å². The first-order chi connectivity index (χ1) is 12.8. The Balaban J connectivity index is 1.41. The number of carbonyl (C=O) groups excluding carboxylic acids is 1. The minimum atomic E-state index is -0.229. The van der Waals surface area contributed by atoms with Crippen LogP contribution in [0.25, 0.3) is 5.65 Å². The summed E-state index contributed by atoms with van der Waals surface area (Å²) in [6.07, 6.45) is 3.84. The maximum Gasteiger partial charge on any atom is 0.251 e. The molecule has 0 bridgehead atoms. The van der Waals surface area contributed by atoms with Gasteiger partial charge in [-0.2, -0.15) is 0 Å². The van der Waals surface area contributed by atoms with Crippen LogP contribution in [-0.4, -0.2) is 56.3 Å². The summed E-state index contributed by atoms with van der Waals surface area (Å²) >= 11 is 0. The van der Waals surface area contributed by atoms with E-state index in [1.165, 1.54) is 4.52 Å². The molecule has 0 saturated carbocycles. The summed E-state index contributed by atoms with van der Waals surface area (Å²) in [5.41, 5.74) is 1.86. The molecule has 26 heavy (non-hydrogen) atoms. The smallest absolute Gasteiger partial charge is 0.251 e. The molecule has 1 aliphatic rings. The van der Waals surface area contributed by atoms with Crippen molar-refractivity contribution in [1.29, 1.82) is 0 Å². The largest absolute Gasteiger partial charge is 0.379 e. The fraction of sp³-hybridized carbons (Fsp3) is 0.353. The average Bonchev–Trinajstić information content (AvgIpc) is 3.16. The Morgan fingerprint density at radius 3 is 3.23 bits per heavy atom. The molecule has 0 aliphatic carbocycles. The van der Waals surface area contributed by atoms with E-state index in [-0.39, 0.29) is 18.1 Å². The number of amides is 1. The molecule has 0 spiro atoms. The van der Waals surface area contributed by atoms with E-state index in [1.54, 1.807) is 24.5 Å². The van der Waals surface area contributed by atoms with Crippen LogP contribution in [0.3, 0.4) is 0 Å². The number of ether oxygens (including phenoxy) is 2. The normalized spacial score (nSPS) is 20.2. The van der Waals surface area contributed by atoms with Gasteiger partial charge in [0.1, 0.15) is 6.10 Å². The molecule has 4 heterocycles. The molecule has 0 radical (unpaired) electrons. The number of pyridine rings is 2. The quantitative estimate of drug-likeness (QED) is 0.716. The minimum Gasteiger partial charge on any atom is -0.379 e. The van der Waals surface area contributed by atoms with Gasteiger partial charge in [-0.15, -0.1) is 5.10 Å². The van der Waals surface area contributed by atoms with Crippen LogP contribution >= 0.6 is 0 Å². The molecule has 1 amide bonds. The van der Waals surface area contributed by atoms with Crippen molar-refractivity contribution in [3.8, 4) is 0 Å². The zero-order valence-electron chi connectivity index (χ0n) is 14.0. The predicted octanol–water partition coefficient (Wildman–Crippen LogP) is 0.623. The number of rotatable bonds is 5. The number of carbonyl (C=O) groups is 1. The highest BCUT2D eigenvalue weighted by Gasteiger charge is 2.28. The molecule has 0 unspecified atom stereocenters. The number of nitrogens with zero attached hydrogens (tertiary/aromatic N) is 5. The third-order valence-corrected chi connectivity index (χ3v) is 4.25. The van der Waals surface area contributed by atoms with Crippen molar-refractivity contribution in [3.05, 3.63) is 54.0 Å². The van der Waals surface area contributed by atoms with Gasteiger partial charge < -0.3 is 14.8 Å². The minimum absolute atomic E-state index is 0.132. The first kappa shape index (κ1) is 16.6. The number of hydrogen-bond donors (Lipinski definition) is 1. The van der Waals surface area contributed by atoms with E-state index in [1.807, 2.05) is 18.2 Å². The second-order valence-corrected chi connectivity index (χ2v) is 6.01. The van der Waals surface area contributed by atoms with E-state index in [2.05, 4.69) is 25.8 Å². The van der Waals surface area contributed by atoms with Gasteiger partial charge in [0, 0.05) is 24.6 Å². The highest BCUT2D eigenvalue weighted by atomic mass is 16.5. The number of tetrazole rings is 1. The molecular weight excluding hydrogens is 336 g/mol. The highest BCUT2D eigenvalue weighted by molar-refractivity contribution is 5.95. The molecule has 1 N–H and O–H groups in total. The summed E-state index contributed by atoms with van der Waals surface area (Å²) < 4.78 is 13.0. The van der Waals surface area contributed by atoms with Crippen LogP contribution < -0.4 is 5.32 Å². The molecular formula is C17H18N6O3. The second kappa shape index (κ2) is 7.54. The fourth-order valence-electron chi connectivity index (χ4n) is 2.85. The van der Waals surface area contributed by atoms with E-state index in [4.69, 9.17) is 9.47 Å². The lowest BCUT2D eigenvalue weighted by atomic mass is 10.1. The Morgan fingerprint density at radius 1 is 1.38 bits per heavy atom. The Hall–Kier alpha value is -2.91. The third kappa shape index (κ3) is 3.68. The maximum absolute atomic E-state index is 12.6. The Morgan fingerprint density at radius 2 is 2.35 bits per heavy atom. The van der Waals surface area contributed by atoms with Crippen molar-refractivity contribution in [1.82, 2.24) is 30.3 Å². The predicted molar refractivity (Wildman–Crippen MR) is 90.3 cm³/mol. The third-order valence-electron chi connectivity index (χ3n) is 4.25. The molecule has 0 aromatic carbocycles. The Labute approximate surface area is 149 Å². The summed E-state index contributed by atoms with van der Waals surface area (Å²) in [6, 6.07) is 8.88. The van der Waals surface area contributed by atoms with Gasteiger partial charge in [-0.05, 0) is 41.1 Å². The standard InChI is InChI=1S/C17H18N6O3/c24-17(12-4-7-23-16(9-12)20-21-22-23)19-14-5-8-25-11-15(14)26-10-13-3-1-2-6-18-13/h1-4,6-7,9,14-15H,5,8,10-11H2,(H,19,24)/t14-,15-/m1/s1. The summed E-state index contributed by atoms with van der Waals surface area (Å²) in [4.78, 5) is 16.8. The van der Waals surface area contributed by atoms with Gasteiger partial charge >= 0.3 is 0 Å². The number of nitrogens with one attached hydrogen (secondary N) is 1. The Bertz CT molecular complexity index is 884. The fourth-order valence-corrected chi connectivity index (χ4v) is 2.85. The zero-order valence-corrected chi connectivity index (χ0v) is 14.0. The molecule has 3 aromatic rings. The van der Waals surface area contributed by atoms with Gasteiger partial charge in [0.25, 0.3) is 5.91 Å². The number of aromatic nitrogens is 5. The number of fused-ring (bicyclic) bond motifs is 1. The Kier molecular flexibility index (Phi) is 4.80. The molecule has 1 saturated heterocycles. The van der Waals surface area contributed by atoms with E-state index in [9.17, 15) is 4.79 Å². The van der Waals surface area contributed by atoms with Crippen LogP contribution in [0.1, 0.15) is 22.5 Å². The van der Waals surface area contributed by atoms with Gasteiger partial charge in [0.05, 0.1) is 24.9 Å². The van der Waals surface area contributed by atoms with Crippen LogP contribution in [0.2, 0.25) is 0 Å². The van der Waals surface area contributed by atoms with Crippen molar-refractivity contribution in [2.75, 3.05) is 13.2 Å². The van der Waals surface area contributed by atoms with Crippen LogP contribution in [0, 0.1) is 0 Å². The van der Waals surface area contributed by atoms with Crippen molar-refractivity contribution in [3.63, 3.8) is 0 Å². The van der Waals surface area contributed by atoms with Crippen LogP contribution in [0.5, 0.6) is 0 Å². The summed E-state index contributed by atoms with van der Waals surface area (Å²) in [5.74, 6) is -0.186. The SMILES string of the molecule is O=C(N[C@@H]1CCOC[C@H]1OCc1ccccn1)c1ccn2nnnc2c1. The first-order valence-corrected chi connectivity index (χ1v) is 8.37. The topological polar surface area (TPSA) is 104 Å². The molecule has 134 valence electrons. The maximum atomic E-state index is 12.6. The van der Waals surface area contributed by atoms with Crippen LogP contribution in [0.15, 0.2) is 42.7 Å². The summed E-state index contributed by atoms with van der Waals surface area (Å²) in [7, 11) is 0. The van der Waals surface area contributed by atoms with Crippen molar-refractivity contribution in [2.45, 2.75) is 25.2 Å². The highest BCUT2D eigenvalue weighted by Crippen LogP contribution is 2.14. The lowest BCUT2D eigenvalue weighted by molar-refractivity contribution is -0.0743. The second-order valence-electron chi connectivity index (χ2n) is 6.01. The molecule has 9 heteroatoms. The van der Waals surface area contributed by atoms with E-state index < -0.39 is 0 Å². The monoisotopic (exact) mass is 354 g/mol. The van der Waals surface area contributed by atoms with Crippen molar-refractivity contribution >= 4 is 11.6 Å².